The van der Waals surface area contributed by atoms with Gasteiger partial charge in [-0.2, -0.15) is 0 Å². The summed E-state index contributed by atoms with van der Waals surface area (Å²) < 4.78 is 5.39. The van der Waals surface area contributed by atoms with Gasteiger partial charge >= 0.3 is 5.97 Å². The van der Waals surface area contributed by atoms with Gasteiger partial charge in [0.05, 0.1) is 28.7 Å². The smallest absolute Gasteiger partial charge is 0.343 e. The van der Waals surface area contributed by atoms with Crippen molar-refractivity contribution in [2.75, 3.05) is 4.90 Å². The molecule has 0 spiro atoms. The molecule has 152 valence electrons. The largest absolute Gasteiger partial charge is 0.422 e. The van der Waals surface area contributed by atoms with Crippen LogP contribution in [0.25, 0.3) is 0 Å². The Morgan fingerprint density at radius 3 is 2.10 bits per heavy atom. The molecule has 0 radical (unpaired) electrons. The first kappa shape index (κ1) is 18.7. The third-order valence-corrected chi connectivity index (χ3v) is 6.76. The molecule has 2 amide bonds. The second-order valence-electron chi connectivity index (χ2n) is 8.39. The summed E-state index contributed by atoms with van der Waals surface area (Å²) in [7, 11) is 0. The summed E-state index contributed by atoms with van der Waals surface area (Å²) in [4.78, 5) is 51.4. The summed E-state index contributed by atoms with van der Waals surface area (Å²) >= 11 is 0. The Bertz CT molecular complexity index is 1050. The van der Waals surface area contributed by atoms with Crippen molar-refractivity contribution in [3.8, 4) is 5.75 Å². The third-order valence-electron chi connectivity index (χ3n) is 6.76. The van der Waals surface area contributed by atoms with Crippen molar-refractivity contribution in [3.05, 3.63) is 59.7 Å². The van der Waals surface area contributed by atoms with Crippen LogP contribution in [0.4, 0.5) is 5.69 Å². The van der Waals surface area contributed by atoms with Crippen LogP contribution in [0, 0.1) is 23.7 Å². The van der Waals surface area contributed by atoms with Gasteiger partial charge in [-0.3, -0.25) is 19.3 Å². The van der Waals surface area contributed by atoms with E-state index in [1.807, 2.05) is 0 Å². The minimum atomic E-state index is -0.607. The molecular weight excluding hydrogens is 382 g/mol. The van der Waals surface area contributed by atoms with E-state index in [0.717, 1.165) is 19.3 Å². The quantitative estimate of drug-likeness (QED) is 0.337. The molecule has 2 aromatic rings. The van der Waals surface area contributed by atoms with Crippen molar-refractivity contribution < 1.29 is 23.9 Å². The fourth-order valence-electron chi connectivity index (χ4n) is 5.42. The Hall–Kier alpha value is -3.28. The molecule has 2 bridgehead atoms. The van der Waals surface area contributed by atoms with Crippen LogP contribution < -0.4 is 9.64 Å². The number of carbonyl (C=O) groups excluding carboxylic acids is 4. The number of benzene rings is 2. The summed E-state index contributed by atoms with van der Waals surface area (Å²) in [6.07, 6.45) is 3.06. The highest BCUT2D eigenvalue weighted by molar-refractivity contribution is 6.22. The van der Waals surface area contributed by atoms with Crippen LogP contribution >= 0.6 is 0 Å². The number of hydrogen-bond donors (Lipinski definition) is 0. The van der Waals surface area contributed by atoms with Crippen molar-refractivity contribution >= 4 is 29.3 Å². The summed E-state index contributed by atoms with van der Waals surface area (Å²) in [5.41, 5.74) is 1.09. The summed E-state index contributed by atoms with van der Waals surface area (Å²) in [5.74, 6) is -0.510. The number of amides is 2. The highest BCUT2D eigenvalue weighted by Gasteiger charge is 2.61. The van der Waals surface area contributed by atoms with Gasteiger partial charge < -0.3 is 4.74 Å². The number of imide groups is 1. The van der Waals surface area contributed by atoms with Gasteiger partial charge in [-0.15, -0.1) is 0 Å². The van der Waals surface area contributed by atoms with Crippen molar-refractivity contribution in [2.45, 2.75) is 26.2 Å². The number of ketones is 1. The highest BCUT2D eigenvalue weighted by atomic mass is 16.5. The average Bonchev–Trinajstić information content (AvgIpc) is 3.42. The zero-order chi connectivity index (χ0) is 21.0. The lowest BCUT2D eigenvalue weighted by Gasteiger charge is -2.19. The summed E-state index contributed by atoms with van der Waals surface area (Å²) in [5, 5.41) is 0. The molecule has 3 aliphatic rings. The van der Waals surface area contributed by atoms with Crippen molar-refractivity contribution in [1.29, 1.82) is 0 Å². The molecule has 6 heteroatoms. The molecule has 5 rings (SSSR count). The number of fused-ring (bicyclic) bond motifs is 5. The van der Waals surface area contributed by atoms with Crippen LogP contribution in [0.15, 0.2) is 48.5 Å². The van der Waals surface area contributed by atoms with Gasteiger partial charge in [0.2, 0.25) is 11.8 Å². The topological polar surface area (TPSA) is 80.8 Å². The third kappa shape index (κ3) is 2.78. The van der Waals surface area contributed by atoms with Gasteiger partial charge in [0, 0.05) is 0 Å². The number of Topliss-reactive ketones (excluding diaryl/α,β-unsaturated/α-hetero) is 1. The van der Waals surface area contributed by atoms with E-state index in [2.05, 4.69) is 0 Å². The second-order valence-corrected chi connectivity index (χ2v) is 8.39. The Kier molecular flexibility index (Phi) is 4.31. The van der Waals surface area contributed by atoms with E-state index in [0.29, 0.717) is 23.1 Å². The molecule has 2 saturated carbocycles. The lowest BCUT2D eigenvalue weighted by molar-refractivity contribution is -0.123. The van der Waals surface area contributed by atoms with E-state index in [1.165, 1.54) is 24.0 Å². The first-order valence-electron chi connectivity index (χ1n) is 10.3. The number of rotatable bonds is 4. The number of carbonyl (C=O) groups is 4. The van der Waals surface area contributed by atoms with E-state index >= 15 is 0 Å². The normalized spacial score (nSPS) is 26.8. The van der Waals surface area contributed by atoms with E-state index in [4.69, 9.17) is 4.74 Å². The molecule has 0 unspecified atom stereocenters. The molecule has 1 aliphatic heterocycles. The minimum absolute atomic E-state index is 0.108. The van der Waals surface area contributed by atoms with Crippen molar-refractivity contribution in [1.82, 2.24) is 0 Å². The van der Waals surface area contributed by atoms with E-state index < -0.39 is 5.97 Å². The molecule has 1 heterocycles. The molecule has 0 N–H and O–H groups in total. The Labute approximate surface area is 173 Å². The van der Waals surface area contributed by atoms with E-state index in [9.17, 15) is 19.2 Å². The molecule has 2 aromatic carbocycles. The van der Waals surface area contributed by atoms with Crippen molar-refractivity contribution in [2.24, 2.45) is 23.7 Å². The average molecular weight is 403 g/mol. The second kappa shape index (κ2) is 6.90. The zero-order valence-corrected chi connectivity index (χ0v) is 16.5. The monoisotopic (exact) mass is 403 g/mol. The number of hydrogen-bond acceptors (Lipinski definition) is 5. The summed E-state index contributed by atoms with van der Waals surface area (Å²) in [6, 6.07) is 12.8. The molecule has 4 atom stereocenters. The van der Waals surface area contributed by atoms with Gasteiger partial charge in [0.1, 0.15) is 5.75 Å². The molecule has 3 fully saturated rings. The van der Waals surface area contributed by atoms with E-state index in [1.54, 1.807) is 36.4 Å². The maximum atomic E-state index is 12.9. The van der Waals surface area contributed by atoms with Crippen molar-refractivity contribution in [3.63, 3.8) is 0 Å². The SMILES string of the molecule is CC(=O)c1ccccc1OC(=O)c1ccc(N2C(=O)[C@H]3[C@@H]4CC[C@@H](C4)[C@@H]3C2=O)cc1. The maximum Gasteiger partial charge on any atom is 0.343 e. The van der Waals surface area contributed by atoms with Crippen LogP contribution in [-0.2, 0) is 9.59 Å². The fraction of sp³-hybridized carbons (Fsp3) is 0.333. The van der Waals surface area contributed by atoms with Crippen LogP contribution in [0.2, 0.25) is 0 Å². The van der Waals surface area contributed by atoms with Crippen LogP contribution in [0.3, 0.4) is 0 Å². The number of nitrogens with zero attached hydrogens (tertiary/aromatic N) is 1. The number of anilines is 1. The minimum Gasteiger partial charge on any atom is -0.422 e. The predicted octanol–water partition coefficient (Wildman–Crippen LogP) is 3.64. The molecule has 30 heavy (non-hydrogen) atoms. The molecular formula is C24H21NO5. The molecule has 6 nitrogen and oxygen atoms in total. The first-order valence-corrected chi connectivity index (χ1v) is 10.3. The van der Waals surface area contributed by atoms with Crippen LogP contribution in [0.1, 0.15) is 46.9 Å². The number of ether oxygens (including phenoxy) is 1. The Balaban J connectivity index is 1.35. The summed E-state index contributed by atoms with van der Waals surface area (Å²) in [6.45, 7) is 1.41. The number of esters is 1. The first-order chi connectivity index (χ1) is 14.5. The number of para-hydroxylation sites is 1. The van der Waals surface area contributed by atoms with Gasteiger partial charge in [-0.05, 0) is 74.4 Å². The Morgan fingerprint density at radius 1 is 0.900 bits per heavy atom. The van der Waals surface area contributed by atoms with Gasteiger partial charge in [-0.25, -0.2) is 4.79 Å². The van der Waals surface area contributed by atoms with Gasteiger partial charge in [-0.1, -0.05) is 12.1 Å². The maximum absolute atomic E-state index is 12.9. The molecule has 1 saturated heterocycles. The van der Waals surface area contributed by atoms with E-state index in [-0.39, 0.29) is 40.7 Å². The van der Waals surface area contributed by atoms with Crippen LogP contribution in [-0.4, -0.2) is 23.6 Å². The predicted molar refractivity (Wildman–Crippen MR) is 108 cm³/mol. The lowest BCUT2D eigenvalue weighted by atomic mass is 9.81. The zero-order valence-electron chi connectivity index (χ0n) is 16.5. The standard InChI is InChI=1S/C24H21NO5/c1-13(26)18-4-2-3-5-19(18)30-24(29)14-8-10-17(11-9-14)25-22(27)20-15-6-7-16(12-15)21(20)23(25)28/h2-5,8-11,15-16,20-21H,6-7,12H2,1H3/t15-,16+,20-,21-/m0/s1. The fourth-order valence-corrected chi connectivity index (χ4v) is 5.42. The van der Waals surface area contributed by atoms with Gasteiger partial charge in [0.15, 0.2) is 5.78 Å². The van der Waals surface area contributed by atoms with Crippen LogP contribution in [0.5, 0.6) is 5.75 Å². The molecule has 0 aromatic heterocycles. The Morgan fingerprint density at radius 2 is 1.50 bits per heavy atom. The highest BCUT2D eigenvalue weighted by Crippen LogP contribution is 2.56. The lowest BCUT2D eigenvalue weighted by Crippen LogP contribution is -2.32. The molecule has 2 aliphatic carbocycles. The van der Waals surface area contributed by atoms with Gasteiger partial charge in [0.25, 0.3) is 0 Å².